The predicted octanol–water partition coefficient (Wildman–Crippen LogP) is 5.05. The summed E-state index contributed by atoms with van der Waals surface area (Å²) in [7, 11) is 0. The molecule has 0 bridgehead atoms. The van der Waals surface area contributed by atoms with Crippen LogP contribution < -0.4 is 5.56 Å². The molecule has 2 heterocycles. The van der Waals surface area contributed by atoms with Gasteiger partial charge in [0.05, 0.1) is 16.2 Å². The third-order valence-electron chi connectivity index (χ3n) is 5.21. The highest BCUT2D eigenvalue weighted by Crippen LogP contribution is 2.37. The van der Waals surface area contributed by atoms with Gasteiger partial charge >= 0.3 is 0 Å². The van der Waals surface area contributed by atoms with E-state index in [1.165, 1.54) is 11.8 Å². The summed E-state index contributed by atoms with van der Waals surface area (Å²) in [6.07, 6.45) is 4.36. The Hall–Kier alpha value is -2.15. The smallest absolute Gasteiger partial charge is 0.262 e. The van der Waals surface area contributed by atoms with Gasteiger partial charge in [0.2, 0.25) is 5.89 Å². The molecule has 7 heteroatoms. The van der Waals surface area contributed by atoms with Crippen molar-refractivity contribution >= 4 is 22.7 Å². The van der Waals surface area contributed by atoms with Crippen molar-refractivity contribution in [2.45, 2.75) is 75.2 Å². The molecule has 1 aromatic carbocycles. The van der Waals surface area contributed by atoms with Gasteiger partial charge in [-0.3, -0.25) is 9.36 Å². The van der Waals surface area contributed by atoms with Crippen LogP contribution in [0.2, 0.25) is 0 Å². The van der Waals surface area contributed by atoms with Crippen LogP contribution in [0, 0.1) is 0 Å². The van der Waals surface area contributed by atoms with Gasteiger partial charge in [0, 0.05) is 11.5 Å². The molecule has 1 saturated carbocycles. The number of fused-ring (bicyclic) bond motifs is 1. The Kier molecular flexibility index (Phi) is 5.04. The molecule has 0 spiro atoms. The third-order valence-corrected chi connectivity index (χ3v) is 6.26. The summed E-state index contributed by atoms with van der Waals surface area (Å²) in [5.41, 5.74) is 0.615. The lowest BCUT2D eigenvalue weighted by molar-refractivity contribution is 0.364. The summed E-state index contributed by atoms with van der Waals surface area (Å²) in [5, 5.41) is 5.45. The largest absolute Gasteiger partial charge is 0.338 e. The van der Waals surface area contributed by atoms with E-state index in [1.807, 2.05) is 35.8 Å². The first-order chi connectivity index (χ1) is 13.3. The molecule has 2 aromatic heterocycles. The molecule has 1 unspecified atom stereocenters. The van der Waals surface area contributed by atoms with Crippen molar-refractivity contribution in [2.24, 2.45) is 0 Å². The van der Waals surface area contributed by atoms with Crippen molar-refractivity contribution in [3.63, 3.8) is 0 Å². The lowest BCUT2D eigenvalue weighted by Gasteiger charge is -2.19. The van der Waals surface area contributed by atoms with Crippen LogP contribution in [0.25, 0.3) is 10.9 Å². The fourth-order valence-electron chi connectivity index (χ4n) is 3.61. The SMILES string of the molecule is CC(Sc1nc2ccccc2c(=O)n1C1CCCC1)c1nc(C(C)(C)C)no1. The minimum atomic E-state index is -0.167. The van der Waals surface area contributed by atoms with Gasteiger partial charge in [-0.25, -0.2) is 4.98 Å². The number of para-hydroxylation sites is 1. The highest BCUT2D eigenvalue weighted by molar-refractivity contribution is 7.99. The van der Waals surface area contributed by atoms with Crippen molar-refractivity contribution in [1.82, 2.24) is 19.7 Å². The maximum Gasteiger partial charge on any atom is 0.262 e. The van der Waals surface area contributed by atoms with Crippen LogP contribution in [0.4, 0.5) is 0 Å². The Morgan fingerprint density at radius 2 is 1.89 bits per heavy atom. The number of hydrogen-bond acceptors (Lipinski definition) is 6. The van der Waals surface area contributed by atoms with Gasteiger partial charge < -0.3 is 4.52 Å². The minimum Gasteiger partial charge on any atom is -0.338 e. The van der Waals surface area contributed by atoms with E-state index in [1.54, 1.807) is 0 Å². The first-order valence-corrected chi connectivity index (χ1v) is 10.7. The first-order valence-electron chi connectivity index (χ1n) is 9.86. The van der Waals surface area contributed by atoms with Gasteiger partial charge in [0.25, 0.3) is 5.56 Å². The molecule has 1 atom stereocenters. The van der Waals surface area contributed by atoms with Crippen LogP contribution in [0.3, 0.4) is 0 Å². The number of hydrogen-bond donors (Lipinski definition) is 0. The second-order valence-electron chi connectivity index (χ2n) is 8.49. The van der Waals surface area contributed by atoms with E-state index < -0.39 is 0 Å². The molecule has 1 fully saturated rings. The lowest BCUT2D eigenvalue weighted by atomic mass is 9.96. The van der Waals surface area contributed by atoms with Gasteiger partial charge in [-0.05, 0) is 31.9 Å². The molecule has 0 aliphatic heterocycles. The van der Waals surface area contributed by atoms with Gasteiger partial charge in [0.15, 0.2) is 11.0 Å². The Labute approximate surface area is 168 Å². The summed E-state index contributed by atoms with van der Waals surface area (Å²) in [6, 6.07) is 7.79. The van der Waals surface area contributed by atoms with E-state index in [9.17, 15) is 4.79 Å². The summed E-state index contributed by atoms with van der Waals surface area (Å²) < 4.78 is 7.41. The molecule has 1 aliphatic rings. The van der Waals surface area contributed by atoms with E-state index in [4.69, 9.17) is 9.51 Å². The highest BCUT2D eigenvalue weighted by atomic mass is 32.2. The van der Waals surface area contributed by atoms with E-state index in [0.717, 1.165) is 36.4 Å². The molecule has 0 amide bonds. The summed E-state index contributed by atoms with van der Waals surface area (Å²) >= 11 is 1.52. The van der Waals surface area contributed by atoms with Gasteiger partial charge in [0.1, 0.15) is 0 Å². The molecule has 28 heavy (non-hydrogen) atoms. The van der Waals surface area contributed by atoms with Crippen LogP contribution in [0.15, 0.2) is 38.7 Å². The third kappa shape index (κ3) is 3.60. The van der Waals surface area contributed by atoms with Crippen LogP contribution in [0.5, 0.6) is 0 Å². The normalized spacial score (nSPS) is 16.7. The second-order valence-corrected chi connectivity index (χ2v) is 9.80. The molecule has 3 aromatic rings. The topological polar surface area (TPSA) is 73.8 Å². The molecule has 6 nitrogen and oxygen atoms in total. The highest BCUT2D eigenvalue weighted by Gasteiger charge is 2.27. The predicted molar refractivity (Wildman–Crippen MR) is 111 cm³/mol. The molecular formula is C21H26N4O2S. The van der Waals surface area contributed by atoms with Crippen molar-refractivity contribution < 1.29 is 4.52 Å². The average Bonchev–Trinajstić information content (AvgIpc) is 3.33. The van der Waals surface area contributed by atoms with Gasteiger partial charge in [-0.1, -0.05) is 62.7 Å². The average molecular weight is 399 g/mol. The van der Waals surface area contributed by atoms with Crippen molar-refractivity contribution in [2.75, 3.05) is 0 Å². The van der Waals surface area contributed by atoms with Crippen molar-refractivity contribution in [1.29, 1.82) is 0 Å². The maximum atomic E-state index is 13.2. The summed E-state index contributed by atoms with van der Waals surface area (Å²) in [4.78, 5) is 22.7. The Morgan fingerprint density at radius 1 is 1.18 bits per heavy atom. The van der Waals surface area contributed by atoms with E-state index in [-0.39, 0.29) is 22.3 Å². The maximum absolute atomic E-state index is 13.2. The quantitative estimate of drug-likeness (QED) is 0.452. The van der Waals surface area contributed by atoms with Crippen LogP contribution >= 0.6 is 11.8 Å². The van der Waals surface area contributed by atoms with Gasteiger partial charge in [-0.15, -0.1) is 0 Å². The summed E-state index contributed by atoms with van der Waals surface area (Å²) in [5.74, 6) is 1.25. The molecule has 1 aliphatic carbocycles. The van der Waals surface area contributed by atoms with Crippen molar-refractivity contribution in [3.8, 4) is 0 Å². The Balaban J connectivity index is 1.74. The monoisotopic (exact) mass is 398 g/mol. The van der Waals surface area contributed by atoms with E-state index in [2.05, 4.69) is 30.9 Å². The molecule has 0 saturated heterocycles. The van der Waals surface area contributed by atoms with Crippen LogP contribution in [-0.4, -0.2) is 19.7 Å². The Morgan fingerprint density at radius 3 is 2.57 bits per heavy atom. The van der Waals surface area contributed by atoms with Gasteiger partial charge in [-0.2, -0.15) is 4.98 Å². The fourth-order valence-corrected chi connectivity index (χ4v) is 4.62. The zero-order chi connectivity index (χ0) is 19.9. The van der Waals surface area contributed by atoms with Crippen LogP contribution in [-0.2, 0) is 5.41 Å². The zero-order valence-electron chi connectivity index (χ0n) is 16.8. The molecule has 0 N–H and O–H groups in total. The molecule has 4 rings (SSSR count). The number of thioether (sulfide) groups is 1. The number of nitrogens with zero attached hydrogens (tertiary/aromatic N) is 4. The number of rotatable bonds is 4. The van der Waals surface area contributed by atoms with E-state index >= 15 is 0 Å². The first kappa shape index (κ1) is 19.2. The molecular weight excluding hydrogens is 372 g/mol. The number of benzene rings is 1. The molecule has 148 valence electrons. The standard InChI is InChI=1S/C21H26N4O2S/c1-13(17-23-19(24-27-17)21(2,3)4)28-20-22-16-12-8-7-11-15(16)18(26)25(20)14-9-5-6-10-14/h7-8,11-14H,5-6,9-10H2,1-4H3. The van der Waals surface area contributed by atoms with Crippen LogP contribution in [0.1, 0.15) is 76.4 Å². The lowest BCUT2D eigenvalue weighted by Crippen LogP contribution is -2.26. The second kappa shape index (κ2) is 7.35. The fraction of sp³-hybridized carbons (Fsp3) is 0.524. The summed E-state index contributed by atoms with van der Waals surface area (Å²) in [6.45, 7) is 8.19. The Bertz CT molecular complexity index is 1040. The zero-order valence-corrected chi connectivity index (χ0v) is 17.6. The number of aromatic nitrogens is 4. The van der Waals surface area contributed by atoms with Crippen molar-refractivity contribution in [3.05, 3.63) is 46.3 Å². The minimum absolute atomic E-state index is 0.0492. The van der Waals surface area contributed by atoms with E-state index in [0.29, 0.717) is 17.1 Å². The molecule has 0 radical (unpaired) electrons.